The fraction of sp³-hybridized carbons (Fsp3) is 0.625. The SMILES string of the molecule is CCS[C@@H]1CCCC[C@H]1NC(=O)N[C@@H](C)c1ccncc1. The van der Waals surface area contributed by atoms with Crippen LogP contribution >= 0.6 is 11.8 Å². The van der Waals surface area contributed by atoms with E-state index in [1.54, 1.807) is 12.4 Å². The Morgan fingerprint density at radius 1 is 1.38 bits per heavy atom. The van der Waals surface area contributed by atoms with Crippen molar-refractivity contribution in [1.29, 1.82) is 0 Å². The first-order valence-electron chi connectivity index (χ1n) is 7.79. The van der Waals surface area contributed by atoms with Gasteiger partial charge in [0.2, 0.25) is 0 Å². The van der Waals surface area contributed by atoms with Crippen molar-refractivity contribution in [3.63, 3.8) is 0 Å². The highest BCUT2D eigenvalue weighted by atomic mass is 32.2. The van der Waals surface area contributed by atoms with Crippen LogP contribution in [0, 0.1) is 0 Å². The standard InChI is InChI=1S/C16H25N3OS/c1-3-21-15-7-5-4-6-14(15)19-16(20)18-12(2)13-8-10-17-11-9-13/h8-12,14-15H,3-7H2,1-2H3,(H2,18,19,20)/t12-,14+,15+/m0/s1. The van der Waals surface area contributed by atoms with Crippen molar-refractivity contribution in [1.82, 2.24) is 15.6 Å². The zero-order valence-electron chi connectivity index (χ0n) is 12.8. The average molecular weight is 307 g/mol. The highest BCUT2D eigenvalue weighted by molar-refractivity contribution is 7.99. The third kappa shape index (κ3) is 4.92. The van der Waals surface area contributed by atoms with Crippen molar-refractivity contribution < 1.29 is 4.79 Å². The van der Waals surface area contributed by atoms with E-state index in [2.05, 4.69) is 22.5 Å². The number of hydrogen-bond donors (Lipinski definition) is 2. The second kappa shape index (κ2) is 8.27. The van der Waals surface area contributed by atoms with Gasteiger partial charge in [-0.05, 0) is 43.2 Å². The van der Waals surface area contributed by atoms with Crippen LogP contribution in [-0.2, 0) is 0 Å². The molecule has 116 valence electrons. The Kier molecular flexibility index (Phi) is 6.36. The molecular weight excluding hydrogens is 282 g/mol. The Bertz CT molecular complexity index is 438. The van der Waals surface area contributed by atoms with Crippen molar-refractivity contribution in [2.24, 2.45) is 0 Å². The van der Waals surface area contributed by atoms with Gasteiger partial charge in [-0.1, -0.05) is 19.8 Å². The summed E-state index contributed by atoms with van der Waals surface area (Å²) in [5.41, 5.74) is 1.07. The summed E-state index contributed by atoms with van der Waals surface area (Å²) in [6.45, 7) is 4.18. The van der Waals surface area contributed by atoms with E-state index in [0.29, 0.717) is 11.3 Å². The first kappa shape index (κ1) is 16.1. The van der Waals surface area contributed by atoms with Crippen molar-refractivity contribution in [2.75, 3.05) is 5.75 Å². The number of nitrogens with one attached hydrogen (secondary N) is 2. The molecule has 1 aromatic heterocycles. The highest BCUT2D eigenvalue weighted by Gasteiger charge is 2.26. The molecule has 5 heteroatoms. The van der Waals surface area contributed by atoms with E-state index in [1.165, 1.54) is 19.3 Å². The van der Waals surface area contributed by atoms with E-state index in [4.69, 9.17) is 0 Å². The topological polar surface area (TPSA) is 54.0 Å². The molecule has 2 rings (SSSR count). The predicted molar refractivity (Wildman–Crippen MR) is 88.5 cm³/mol. The van der Waals surface area contributed by atoms with Gasteiger partial charge in [0.05, 0.1) is 6.04 Å². The molecule has 1 aliphatic rings. The third-order valence-corrected chi connectivity index (χ3v) is 5.28. The number of amides is 2. The number of carbonyl (C=O) groups is 1. The van der Waals surface area contributed by atoms with E-state index >= 15 is 0 Å². The second-order valence-electron chi connectivity index (χ2n) is 5.50. The summed E-state index contributed by atoms with van der Waals surface area (Å²) in [5.74, 6) is 1.11. The van der Waals surface area contributed by atoms with Crippen LogP contribution in [0.2, 0.25) is 0 Å². The molecule has 0 unspecified atom stereocenters. The van der Waals surface area contributed by atoms with Crippen molar-refractivity contribution in [3.8, 4) is 0 Å². The Morgan fingerprint density at radius 3 is 2.81 bits per heavy atom. The number of aromatic nitrogens is 1. The van der Waals surface area contributed by atoms with Crippen LogP contribution < -0.4 is 10.6 Å². The fourth-order valence-corrected chi connectivity index (χ4v) is 4.02. The van der Waals surface area contributed by atoms with Crippen LogP contribution in [-0.4, -0.2) is 28.1 Å². The minimum Gasteiger partial charge on any atom is -0.334 e. The maximum Gasteiger partial charge on any atom is 0.315 e. The summed E-state index contributed by atoms with van der Waals surface area (Å²) in [6.07, 6.45) is 8.30. The van der Waals surface area contributed by atoms with E-state index in [1.807, 2.05) is 30.8 Å². The summed E-state index contributed by atoms with van der Waals surface area (Å²) >= 11 is 1.97. The molecule has 1 heterocycles. The summed E-state index contributed by atoms with van der Waals surface area (Å²) in [7, 11) is 0. The molecule has 0 aliphatic heterocycles. The van der Waals surface area contributed by atoms with Crippen LogP contribution in [0.1, 0.15) is 51.1 Å². The van der Waals surface area contributed by atoms with E-state index in [0.717, 1.165) is 17.7 Å². The third-order valence-electron chi connectivity index (χ3n) is 3.95. The second-order valence-corrected chi connectivity index (χ2v) is 7.02. The normalized spacial score (nSPS) is 23.3. The molecule has 1 saturated carbocycles. The van der Waals surface area contributed by atoms with E-state index in [9.17, 15) is 4.79 Å². The Hall–Kier alpha value is -1.23. The monoisotopic (exact) mass is 307 g/mol. The smallest absolute Gasteiger partial charge is 0.315 e. The largest absolute Gasteiger partial charge is 0.334 e. The number of thioether (sulfide) groups is 1. The molecule has 1 fully saturated rings. The molecule has 1 aliphatic carbocycles. The Balaban J connectivity index is 1.85. The van der Waals surface area contributed by atoms with Crippen LogP contribution in [0.5, 0.6) is 0 Å². The lowest BCUT2D eigenvalue weighted by atomic mass is 9.95. The van der Waals surface area contributed by atoms with Gasteiger partial charge in [-0.25, -0.2) is 4.79 Å². The molecule has 0 bridgehead atoms. The van der Waals surface area contributed by atoms with E-state index < -0.39 is 0 Å². The maximum absolute atomic E-state index is 12.2. The van der Waals surface area contributed by atoms with Crippen LogP contribution in [0.15, 0.2) is 24.5 Å². The number of rotatable bonds is 5. The highest BCUT2D eigenvalue weighted by Crippen LogP contribution is 2.28. The average Bonchev–Trinajstić information content (AvgIpc) is 2.50. The van der Waals surface area contributed by atoms with Crippen molar-refractivity contribution in [2.45, 2.75) is 56.9 Å². The minimum atomic E-state index is -0.0621. The maximum atomic E-state index is 12.2. The zero-order chi connectivity index (χ0) is 15.1. The van der Waals surface area contributed by atoms with E-state index in [-0.39, 0.29) is 12.1 Å². The van der Waals surface area contributed by atoms with Gasteiger partial charge in [-0.2, -0.15) is 11.8 Å². The van der Waals surface area contributed by atoms with Gasteiger partial charge in [0, 0.05) is 23.7 Å². The zero-order valence-corrected chi connectivity index (χ0v) is 13.7. The number of urea groups is 1. The first-order valence-corrected chi connectivity index (χ1v) is 8.84. The summed E-state index contributed by atoms with van der Waals surface area (Å²) in [4.78, 5) is 16.2. The summed E-state index contributed by atoms with van der Waals surface area (Å²) in [6, 6.07) is 4.10. The van der Waals surface area contributed by atoms with Crippen molar-refractivity contribution >= 4 is 17.8 Å². The lowest BCUT2D eigenvalue weighted by Crippen LogP contribution is -2.48. The Labute approximate surface area is 131 Å². The van der Waals surface area contributed by atoms with Crippen LogP contribution in [0.3, 0.4) is 0 Å². The molecule has 21 heavy (non-hydrogen) atoms. The van der Waals surface area contributed by atoms with Crippen LogP contribution in [0.25, 0.3) is 0 Å². The first-order chi connectivity index (χ1) is 10.2. The number of carbonyl (C=O) groups excluding carboxylic acids is 1. The number of nitrogens with zero attached hydrogens (tertiary/aromatic N) is 1. The molecular formula is C16H25N3OS. The molecule has 0 aromatic carbocycles. The van der Waals surface area contributed by atoms with Gasteiger partial charge in [0.25, 0.3) is 0 Å². The van der Waals surface area contributed by atoms with Crippen LogP contribution in [0.4, 0.5) is 4.79 Å². The number of hydrogen-bond acceptors (Lipinski definition) is 3. The molecule has 3 atom stereocenters. The number of pyridine rings is 1. The fourth-order valence-electron chi connectivity index (χ4n) is 2.82. The molecule has 0 saturated heterocycles. The van der Waals surface area contributed by atoms with Gasteiger partial charge >= 0.3 is 6.03 Å². The van der Waals surface area contributed by atoms with Gasteiger partial charge in [-0.3, -0.25) is 4.98 Å². The lowest BCUT2D eigenvalue weighted by molar-refractivity contribution is 0.230. The van der Waals surface area contributed by atoms with Crippen molar-refractivity contribution in [3.05, 3.63) is 30.1 Å². The summed E-state index contributed by atoms with van der Waals surface area (Å²) in [5, 5.41) is 6.75. The summed E-state index contributed by atoms with van der Waals surface area (Å²) < 4.78 is 0. The molecule has 2 amide bonds. The molecule has 1 aromatic rings. The quantitative estimate of drug-likeness (QED) is 0.875. The minimum absolute atomic E-state index is 0.00568. The molecule has 2 N–H and O–H groups in total. The molecule has 0 spiro atoms. The van der Waals surface area contributed by atoms with Gasteiger partial charge in [0.15, 0.2) is 0 Å². The molecule has 0 radical (unpaired) electrons. The van der Waals surface area contributed by atoms with Gasteiger partial charge < -0.3 is 10.6 Å². The Morgan fingerprint density at radius 2 is 2.10 bits per heavy atom. The molecule has 4 nitrogen and oxygen atoms in total. The van der Waals surface area contributed by atoms with Gasteiger partial charge in [-0.15, -0.1) is 0 Å². The van der Waals surface area contributed by atoms with Gasteiger partial charge in [0.1, 0.15) is 0 Å². The lowest BCUT2D eigenvalue weighted by Gasteiger charge is -2.32. The predicted octanol–water partition coefficient (Wildman–Crippen LogP) is 3.51.